The van der Waals surface area contributed by atoms with E-state index in [1.807, 2.05) is 12.3 Å². The Labute approximate surface area is 150 Å². The number of hydrogen-bond donors (Lipinski definition) is 1. The van der Waals surface area contributed by atoms with Crippen molar-refractivity contribution in [2.75, 3.05) is 31.1 Å². The topological polar surface area (TPSA) is 48.1 Å². The summed E-state index contributed by atoms with van der Waals surface area (Å²) in [6.45, 7) is 4.65. The van der Waals surface area contributed by atoms with Gasteiger partial charge in [-0.1, -0.05) is 23.2 Å². The van der Waals surface area contributed by atoms with Gasteiger partial charge < -0.3 is 9.88 Å². The van der Waals surface area contributed by atoms with Crippen LogP contribution in [0.4, 0.5) is 5.82 Å². The molecule has 0 atom stereocenters. The monoisotopic (exact) mass is 361 g/mol. The van der Waals surface area contributed by atoms with Crippen molar-refractivity contribution in [3.63, 3.8) is 0 Å². The van der Waals surface area contributed by atoms with Crippen LogP contribution in [0.15, 0.2) is 36.8 Å². The summed E-state index contributed by atoms with van der Waals surface area (Å²) in [5.74, 6) is 0.817. The van der Waals surface area contributed by atoms with Gasteiger partial charge >= 0.3 is 0 Å². The summed E-state index contributed by atoms with van der Waals surface area (Å²) >= 11 is 12.2. The Hall–Kier alpha value is -1.82. The van der Waals surface area contributed by atoms with Crippen molar-refractivity contribution in [1.29, 1.82) is 0 Å². The van der Waals surface area contributed by atoms with Gasteiger partial charge in [0.05, 0.1) is 10.0 Å². The number of H-pyrrole nitrogens is 1. The first-order chi connectivity index (χ1) is 11.7. The molecule has 0 aliphatic carbocycles. The summed E-state index contributed by atoms with van der Waals surface area (Å²) in [6, 6.07) is 5.84. The van der Waals surface area contributed by atoms with Crippen molar-refractivity contribution in [2.45, 2.75) is 6.54 Å². The number of pyridine rings is 2. The van der Waals surface area contributed by atoms with Crippen LogP contribution in [0, 0.1) is 0 Å². The van der Waals surface area contributed by atoms with Crippen molar-refractivity contribution in [3.8, 4) is 0 Å². The fraction of sp³-hybridized carbons (Fsp3) is 0.294. The van der Waals surface area contributed by atoms with E-state index in [2.05, 4.69) is 37.0 Å². The molecule has 4 rings (SSSR count). The standard InChI is InChI=1S/C17H17Cl2N5/c18-13-8-15(19)17(22-10-13)24-6-4-23(5-7-24)11-12-9-21-16-14(12)2-1-3-20-16/h1-3,8-10H,4-7,11H2,(H,20,21). The van der Waals surface area contributed by atoms with E-state index in [4.69, 9.17) is 23.2 Å². The van der Waals surface area contributed by atoms with Crippen molar-refractivity contribution < 1.29 is 0 Å². The van der Waals surface area contributed by atoms with E-state index >= 15 is 0 Å². The van der Waals surface area contributed by atoms with Crippen molar-refractivity contribution >= 4 is 40.1 Å². The maximum absolute atomic E-state index is 6.27. The molecule has 1 aliphatic rings. The second kappa shape index (κ2) is 6.59. The molecule has 1 aliphatic heterocycles. The first kappa shape index (κ1) is 15.7. The number of nitrogens with zero attached hydrogens (tertiary/aromatic N) is 4. The molecule has 0 amide bonds. The van der Waals surface area contributed by atoms with Crippen LogP contribution in [-0.2, 0) is 6.54 Å². The highest BCUT2D eigenvalue weighted by molar-refractivity contribution is 6.36. The predicted octanol–water partition coefficient (Wildman–Crippen LogP) is 3.59. The molecule has 1 N–H and O–H groups in total. The molecular weight excluding hydrogens is 345 g/mol. The lowest BCUT2D eigenvalue weighted by atomic mass is 10.2. The minimum atomic E-state index is 0.565. The van der Waals surface area contributed by atoms with Gasteiger partial charge in [-0.15, -0.1) is 0 Å². The minimum absolute atomic E-state index is 0.565. The molecule has 0 spiro atoms. The third-order valence-corrected chi connectivity index (χ3v) is 4.88. The Bertz CT molecular complexity index is 855. The highest BCUT2D eigenvalue weighted by Crippen LogP contribution is 2.27. The Balaban J connectivity index is 1.43. The smallest absolute Gasteiger partial charge is 0.147 e. The average Bonchev–Trinajstić information content (AvgIpc) is 2.99. The van der Waals surface area contributed by atoms with E-state index in [1.54, 1.807) is 12.3 Å². The van der Waals surface area contributed by atoms with Gasteiger partial charge in [-0.05, 0) is 23.8 Å². The zero-order valence-corrected chi connectivity index (χ0v) is 14.6. The van der Waals surface area contributed by atoms with Crippen LogP contribution in [-0.4, -0.2) is 46.0 Å². The summed E-state index contributed by atoms with van der Waals surface area (Å²) in [4.78, 5) is 16.6. The molecule has 3 aromatic heterocycles. The summed E-state index contributed by atoms with van der Waals surface area (Å²) in [5.41, 5.74) is 2.23. The lowest BCUT2D eigenvalue weighted by molar-refractivity contribution is 0.250. The first-order valence-corrected chi connectivity index (χ1v) is 8.65. The number of rotatable bonds is 3. The summed E-state index contributed by atoms with van der Waals surface area (Å²) in [6.07, 6.45) is 5.51. The fourth-order valence-electron chi connectivity index (χ4n) is 3.14. The van der Waals surface area contributed by atoms with Crippen LogP contribution < -0.4 is 4.90 Å². The lowest BCUT2D eigenvalue weighted by Gasteiger charge is -2.35. The quantitative estimate of drug-likeness (QED) is 0.774. The SMILES string of the molecule is Clc1cnc(N2CCN(Cc3c[nH]c4ncccc34)CC2)c(Cl)c1. The number of fused-ring (bicyclic) bond motifs is 1. The molecule has 0 bridgehead atoms. The Morgan fingerprint density at radius 3 is 2.75 bits per heavy atom. The van der Waals surface area contributed by atoms with Gasteiger partial charge in [-0.2, -0.15) is 0 Å². The number of aromatic nitrogens is 3. The van der Waals surface area contributed by atoms with Crippen LogP contribution in [0.1, 0.15) is 5.56 Å². The predicted molar refractivity (Wildman–Crippen MR) is 97.8 cm³/mol. The van der Waals surface area contributed by atoms with Crippen molar-refractivity contribution in [1.82, 2.24) is 19.9 Å². The van der Waals surface area contributed by atoms with Gasteiger partial charge in [0.2, 0.25) is 0 Å². The van der Waals surface area contributed by atoms with Crippen LogP contribution in [0.3, 0.4) is 0 Å². The van der Waals surface area contributed by atoms with E-state index in [9.17, 15) is 0 Å². The number of halogens is 2. The molecule has 7 heteroatoms. The number of hydrogen-bond acceptors (Lipinski definition) is 4. The number of anilines is 1. The molecular formula is C17H17Cl2N5. The van der Waals surface area contributed by atoms with Gasteiger partial charge in [-0.3, -0.25) is 4.90 Å². The Morgan fingerprint density at radius 1 is 1.12 bits per heavy atom. The fourth-order valence-corrected chi connectivity index (χ4v) is 3.64. The number of aromatic amines is 1. The molecule has 1 saturated heterocycles. The zero-order valence-electron chi connectivity index (χ0n) is 13.0. The van der Waals surface area contributed by atoms with Gasteiger partial charge in [0.1, 0.15) is 11.5 Å². The summed E-state index contributed by atoms with van der Waals surface area (Å²) in [7, 11) is 0. The molecule has 0 saturated carbocycles. The summed E-state index contributed by atoms with van der Waals surface area (Å²) in [5, 5.41) is 2.37. The van der Waals surface area contributed by atoms with E-state index < -0.39 is 0 Å². The third kappa shape index (κ3) is 3.07. The van der Waals surface area contributed by atoms with E-state index in [1.165, 1.54) is 10.9 Å². The zero-order chi connectivity index (χ0) is 16.5. The van der Waals surface area contributed by atoms with Crippen LogP contribution in [0.25, 0.3) is 11.0 Å². The highest BCUT2D eigenvalue weighted by Gasteiger charge is 2.21. The van der Waals surface area contributed by atoms with Crippen molar-refractivity contribution in [3.05, 3.63) is 52.4 Å². The maximum Gasteiger partial charge on any atom is 0.147 e. The highest BCUT2D eigenvalue weighted by atomic mass is 35.5. The molecule has 4 heterocycles. The molecule has 0 radical (unpaired) electrons. The second-order valence-electron chi connectivity index (χ2n) is 5.94. The lowest BCUT2D eigenvalue weighted by Crippen LogP contribution is -2.46. The van der Waals surface area contributed by atoms with E-state index in [0.717, 1.165) is 44.2 Å². The first-order valence-electron chi connectivity index (χ1n) is 7.90. The van der Waals surface area contributed by atoms with Crippen LogP contribution in [0.2, 0.25) is 10.0 Å². The largest absolute Gasteiger partial charge is 0.353 e. The third-order valence-electron chi connectivity index (χ3n) is 4.39. The molecule has 0 aromatic carbocycles. The van der Waals surface area contributed by atoms with E-state index in [-0.39, 0.29) is 0 Å². The van der Waals surface area contributed by atoms with Crippen LogP contribution in [0.5, 0.6) is 0 Å². The summed E-state index contributed by atoms with van der Waals surface area (Å²) < 4.78 is 0. The molecule has 3 aromatic rings. The van der Waals surface area contributed by atoms with Crippen LogP contribution >= 0.6 is 23.2 Å². The Morgan fingerprint density at radius 2 is 1.96 bits per heavy atom. The normalized spacial score (nSPS) is 16.0. The number of nitrogens with one attached hydrogen (secondary N) is 1. The van der Waals surface area contributed by atoms with Crippen molar-refractivity contribution in [2.24, 2.45) is 0 Å². The van der Waals surface area contributed by atoms with E-state index in [0.29, 0.717) is 10.0 Å². The van der Waals surface area contributed by atoms with Gasteiger partial charge in [-0.25, -0.2) is 9.97 Å². The van der Waals surface area contributed by atoms with Gasteiger partial charge in [0.15, 0.2) is 0 Å². The van der Waals surface area contributed by atoms with Gasteiger partial charge in [0, 0.05) is 56.7 Å². The van der Waals surface area contributed by atoms with Gasteiger partial charge in [0.25, 0.3) is 0 Å². The molecule has 24 heavy (non-hydrogen) atoms. The molecule has 1 fully saturated rings. The maximum atomic E-state index is 6.27. The minimum Gasteiger partial charge on any atom is -0.353 e. The molecule has 124 valence electrons. The molecule has 0 unspecified atom stereocenters. The average molecular weight is 362 g/mol. The Kier molecular flexibility index (Phi) is 4.31. The second-order valence-corrected chi connectivity index (χ2v) is 6.78. The number of piperazine rings is 1. The molecule has 5 nitrogen and oxygen atoms in total.